The predicted molar refractivity (Wildman–Crippen MR) is 60.3 cm³/mol. The molecule has 13 heavy (non-hydrogen) atoms. The zero-order valence-electron chi connectivity index (χ0n) is 9.49. The molecule has 0 aliphatic heterocycles. The minimum atomic E-state index is 0.504. The second-order valence-corrected chi connectivity index (χ2v) is 3.95. The first-order chi connectivity index (χ1) is 5.86. The highest BCUT2D eigenvalue weighted by Crippen LogP contribution is 2.20. The molecule has 0 atom stereocenters. The summed E-state index contributed by atoms with van der Waals surface area (Å²) < 4.78 is 0. The lowest BCUT2D eigenvalue weighted by molar-refractivity contribution is 0.744. The second-order valence-electron chi connectivity index (χ2n) is 3.95. The third-order valence-electron chi connectivity index (χ3n) is 1.81. The third-order valence-corrected chi connectivity index (χ3v) is 1.81. The summed E-state index contributed by atoms with van der Waals surface area (Å²) in [4.78, 5) is 0. The predicted octanol–water partition coefficient (Wildman–Crippen LogP) is 3.62. The number of hydrogen-bond donors (Lipinski definition) is 1. The van der Waals surface area contributed by atoms with E-state index in [0.717, 1.165) is 11.4 Å². The summed E-state index contributed by atoms with van der Waals surface area (Å²) >= 11 is 0. The Morgan fingerprint density at radius 3 is 1.77 bits per heavy atom. The molecule has 0 saturated heterocycles. The van der Waals surface area contributed by atoms with Crippen LogP contribution in [0.1, 0.15) is 34.6 Å². The zero-order chi connectivity index (χ0) is 10.6. The molecule has 0 aromatic rings. The van der Waals surface area contributed by atoms with Crippen LogP contribution in [-0.4, -0.2) is 0 Å². The van der Waals surface area contributed by atoms with Crippen molar-refractivity contribution in [3.8, 4) is 0 Å². The molecule has 0 fully saturated rings. The normalized spacial score (nSPS) is 9.69. The highest BCUT2D eigenvalue weighted by atomic mass is 14.9. The molecule has 0 aromatic carbocycles. The van der Waals surface area contributed by atoms with Gasteiger partial charge in [-0.15, -0.1) is 0 Å². The van der Waals surface area contributed by atoms with Crippen LogP contribution in [0.2, 0.25) is 0 Å². The molecule has 0 rings (SSSR count). The average molecular weight is 179 g/mol. The summed E-state index contributed by atoms with van der Waals surface area (Å²) in [6.07, 6.45) is 0. The van der Waals surface area contributed by atoms with Crippen LogP contribution in [0.3, 0.4) is 0 Å². The Hall–Kier alpha value is -0.980. The summed E-state index contributed by atoms with van der Waals surface area (Å²) in [5, 5.41) is 3.16. The molecule has 0 heterocycles. The quantitative estimate of drug-likeness (QED) is 0.650. The van der Waals surface area contributed by atoms with Gasteiger partial charge >= 0.3 is 0 Å². The van der Waals surface area contributed by atoms with Crippen LogP contribution in [0.4, 0.5) is 0 Å². The van der Waals surface area contributed by atoms with Crippen molar-refractivity contribution in [3.05, 3.63) is 35.7 Å². The van der Waals surface area contributed by atoms with Crippen molar-refractivity contribution < 1.29 is 0 Å². The molecule has 0 aromatic heterocycles. The minimum Gasteiger partial charge on any atom is -0.360 e. The Morgan fingerprint density at radius 2 is 1.54 bits per heavy atom. The van der Waals surface area contributed by atoms with Crippen LogP contribution in [-0.2, 0) is 0 Å². The Bertz CT molecular complexity index is 240. The molecular weight excluding hydrogens is 158 g/mol. The monoisotopic (exact) mass is 179 g/mol. The number of rotatable bonds is 4. The average Bonchev–Trinajstić information content (AvgIpc) is 1.81. The number of nitrogens with one attached hydrogen (secondary N) is 1. The van der Waals surface area contributed by atoms with Crippen LogP contribution in [0.15, 0.2) is 35.7 Å². The summed E-state index contributed by atoms with van der Waals surface area (Å²) in [5.41, 5.74) is 4.52. The highest BCUT2D eigenvalue weighted by Gasteiger charge is 2.08. The Kier molecular flexibility index (Phi) is 4.53. The van der Waals surface area contributed by atoms with Crippen molar-refractivity contribution in [2.45, 2.75) is 34.6 Å². The fraction of sp³-hybridized carbons (Fsp3) is 0.500. The van der Waals surface area contributed by atoms with Gasteiger partial charge in [0.05, 0.1) is 0 Å². The van der Waals surface area contributed by atoms with Crippen LogP contribution >= 0.6 is 0 Å². The lowest BCUT2D eigenvalue weighted by Crippen LogP contribution is -2.14. The fourth-order valence-corrected chi connectivity index (χ4v) is 1.55. The maximum atomic E-state index is 4.01. The van der Waals surface area contributed by atoms with Gasteiger partial charge in [-0.25, -0.2) is 0 Å². The largest absolute Gasteiger partial charge is 0.360 e. The van der Waals surface area contributed by atoms with E-state index in [1.54, 1.807) is 0 Å². The lowest BCUT2D eigenvalue weighted by atomic mass is 9.96. The summed E-state index contributed by atoms with van der Waals surface area (Å²) in [6, 6.07) is 0. The van der Waals surface area contributed by atoms with E-state index in [-0.39, 0.29) is 0 Å². The number of hydrogen-bond acceptors (Lipinski definition) is 1. The van der Waals surface area contributed by atoms with Crippen LogP contribution in [0.5, 0.6) is 0 Å². The van der Waals surface area contributed by atoms with Gasteiger partial charge in [-0.3, -0.25) is 0 Å². The SMILES string of the molecule is C=C(C)NC(=C)C(=C(C)C)C(C)C. The van der Waals surface area contributed by atoms with Gasteiger partial charge in [0, 0.05) is 11.4 Å². The van der Waals surface area contributed by atoms with E-state index in [1.165, 1.54) is 11.1 Å². The van der Waals surface area contributed by atoms with Crippen molar-refractivity contribution in [1.29, 1.82) is 0 Å². The summed E-state index contributed by atoms with van der Waals surface area (Å²) in [5.74, 6) is 0.504. The highest BCUT2D eigenvalue weighted by molar-refractivity contribution is 5.33. The van der Waals surface area contributed by atoms with E-state index in [2.05, 4.69) is 46.2 Å². The van der Waals surface area contributed by atoms with Gasteiger partial charge in [0.1, 0.15) is 0 Å². The van der Waals surface area contributed by atoms with E-state index in [1.807, 2.05) is 6.92 Å². The van der Waals surface area contributed by atoms with E-state index in [4.69, 9.17) is 0 Å². The van der Waals surface area contributed by atoms with Gasteiger partial charge in [-0.2, -0.15) is 0 Å². The van der Waals surface area contributed by atoms with Gasteiger partial charge < -0.3 is 5.32 Å². The summed E-state index contributed by atoms with van der Waals surface area (Å²) in [7, 11) is 0. The molecule has 0 spiro atoms. The van der Waals surface area contributed by atoms with Crippen molar-refractivity contribution in [1.82, 2.24) is 5.32 Å². The van der Waals surface area contributed by atoms with Crippen LogP contribution in [0.25, 0.3) is 0 Å². The van der Waals surface area contributed by atoms with Crippen molar-refractivity contribution >= 4 is 0 Å². The van der Waals surface area contributed by atoms with E-state index in [9.17, 15) is 0 Å². The molecule has 0 unspecified atom stereocenters. The Balaban J connectivity index is 4.70. The molecule has 74 valence electrons. The van der Waals surface area contributed by atoms with Gasteiger partial charge in [0.2, 0.25) is 0 Å². The van der Waals surface area contributed by atoms with E-state index >= 15 is 0 Å². The maximum absolute atomic E-state index is 4.01. The molecule has 0 aliphatic carbocycles. The van der Waals surface area contributed by atoms with E-state index in [0.29, 0.717) is 5.92 Å². The fourth-order valence-electron chi connectivity index (χ4n) is 1.55. The zero-order valence-corrected chi connectivity index (χ0v) is 9.49. The lowest BCUT2D eigenvalue weighted by Gasteiger charge is -2.18. The molecule has 0 bridgehead atoms. The first-order valence-corrected chi connectivity index (χ1v) is 4.65. The molecule has 1 heteroatoms. The van der Waals surface area contributed by atoms with Gasteiger partial charge in [0.15, 0.2) is 0 Å². The second kappa shape index (κ2) is 4.90. The standard InChI is InChI=1S/C12H21N/c1-8(2)12(9(3)4)11(7)13-10(5)6/h8,13H,5,7H2,1-4,6H3. The first-order valence-electron chi connectivity index (χ1n) is 4.65. The molecular formula is C12H21N. The smallest absolute Gasteiger partial charge is 0.0343 e. The summed E-state index contributed by atoms with van der Waals surface area (Å²) in [6.45, 7) is 18.3. The van der Waals surface area contributed by atoms with Crippen molar-refractivity contribution in [3.63, 3.8) is 0 Å². The molecule has 1 nitrogen and oxygen atoms in total. The first kappa shape index (κ1) is 12.0. The van der Waals surface area contributed by atoms with Gasteiger partial charge in [0.25, 0.3) is 0 Å². The van der Waals surface area contributed by atoms with Gasteiger partial charge in [-0.1, -0.05) is 32.6 Å². The molecule has 0 radical (unpaired) electrons. The topological polar surface area (TPSA) is 12.0 Å². The van der Waals surface area contributed by atoms with Crippen molar-refractivity contribution in [2.75, 3.05) is 0 Å². The molecule has 0 saturated carbocycles. The molecule has 0 aliphatic rings. The third kappa shape index (κ3) is 3.97. The van der Waals surface area contributed by atoms with Gasteiger partial charge in [-0.05, 0) is 32.3 Å². The van der Waals surface area contributed by atoms with Crippen molar-refractivity contribution in [2.24, 2.45) is 5.92 Å². The van der Waals surface area contributed by atoms with E-state index < -0.39 is 0 Å². The Labute approximate surface area is 82.2 Å². The Morgan fingerprint density at radius 1 is 1.08 bits per heavy atom. The molecule has 0 amide bonds. The minimum absolute atomic E-state index is 0.504. The number of allylic oxidation sites excluding steroid dienone is 3. The van der Waals surface area contributed by atoms with Crippen LogP contribution in [0, 0.1) is 5.92 Å². The molecule has 1 N–H and O–H groups in total. The maximum Gasteiger partial charge on any atom is 0.0343 e. The van der Waals surface area contributed by atoms with Crippen LogP contribution < -0.4 is 5.32 Å².